The molecule has 2 aliphatic heterocycles. The van der Waals surface area contributed by atoms with Gasteiger partial charge in [0.2, 0.25) is 0 Å². The summed E-state index contributed by atoms with van der Waals surface area (Å²) in [6.07, 6.45) is 3.16. The van der Waals surface area contributed by atoms with Gasteiger partial charge in [-0.05, 0) is 25.0 Å². The summed E-state index contributed by atoms with van der Waals surface area (Å²) in [5, 5.41) is 3.89. The maximum absolute atomic E-state index is 12.4. The van der Waals surface area contributed by atoms with E-state index in [0.29, 0.717) is 10.7 Å². The molecule has 21 heavy (non-hydrogen) atoms. The van der Waals surface area contributed by atoms with Crippen molar-refractivity contribution in [3.8, 4) is 0 Å². The molecule has 0 aliphatic carbocycles. The number of nitrogen functional groups attached to an aromatic ring is 1. The molecule has 1 amide bonds. The van der Waals surface area contributed by atoms with E-state index in [0.717, 1.165) is 43.2 Å². The maximum atomic E-state index is 12.4. The quantitative estimate of drug-likeness (QED) is 0.763. The Bertz CT molecular complexity index is 515. The molecule has 0 saturated carbocycles. The van der Waals surface area contributed by atoms with Crippen LogP contribution in [0.15, 0.2) is 0 Å². The van der Waals surface area contributed by atoms with Crippen LogP contribution in [0.5, 0.6) is 0 Å². The fourth-order valence-electron chi connectivity index (χ4n) is 2.68. The molecule has 116 valence electrons. The van der Waals surface area contributed by atoms with Gasteiger partial charge >= 0.3 is 0 Å². The van der Waals surface area contributed by atoms with Gasteiger partial charge in [0.1, 0.15) is 10.7 Å². The Morgan fingerprint density at radius 1 is 1.43 bits per heavy atom. The Morgan fingerprint density at radius 2 is 2.29 bits per heavy atom. The number of nitrogens with two attached hydrogens (primary N) is 2. The summed E-state index contributed by atoms with van der Waals surface area (Å²) in [7, 11) is 0. The Morgan fingerprint density at radius 3 is 2.95 bits per heavy atom. The van der Waals surface area contributed by atoms with E-state index in [-0.39, 0.29) is 18.0 Å². The highest BCUT2D eigenvalue weighted by Gasteiger charge is 2.26. The monoisotopic (exact) mass is 327 g/mol. The summed E-state index contributed by atoms with van der Waals surface area (Å²) in [4.78, 5) is 19.3. The SMILES string of the molecule is Nc1nc(N2CCC(N)C2)sc1C(=O)NC1CCCSC1. The summed E-state index contributed by atoms with van der Waals surface area (Å²) >= 11 is 3.26. The third kappa shape index (κ3) is 3.44. The molecule has 3 heterocycles. The predicted octanol–water partition coefficient (Wildman–Crippen LogP) is 0.888. The van der Waals surface area contributed by atoms with Crippen molar-refractivity contribution >= 4 is 40.0 Å². The molecular weight excluding hydrogens is 306 g/mol. The zero-order chi connectivity index (χ0) is 14.8. The molecule has 8 heteroatoms. The van der Waals surface area contributed by atoms with Crippen molar-refractivity contribution in [1.29, 1.82) is 0 Å². The second kappa shape index (κ2) is 6.41. The van der Waals surface area contributed by atoms with Gasteiger partial charge in [0.15, 0.2) is 5.13 Å². The van der Waals surface area contributed by atoms with Crippen LogP contribution in [-0.4, -0.2) is 47.6 Å². The Kier molecular flexibility index (Phi) is 4.56. The van der Waals surface area contributed by atoms with Crippen LogP contribution in [0.4, 0.5) is 10.9 Å². The first-order valence-electron chi connectivity index (χ1n) is 7.29. The Balaban J connectivity index is 1.67. The number of aromatic nitrogens is 1. The molecule has 5 N–H and O–H groups in total. The number of amides is 1. The van der Waals surface area contributed by atoms with Gasteiger partial charge in [-0.2, -0.15) is 11.8 Å². The van der Waals surface area contributed by atoms with Crippen molar-refractivity contribution in [1.82, 2.24) is 10.3 Å². The Labute approximate surface area is 132 Å². The van der Waals surface area contributed by atoms with Gasteiger partial charge in [-0.1, -0.05) is 11.3 Å². The normalized spacial score (nSPS) is 26.0. The van der Waals surface area contributed by atoms with E-state index < -0.39 is 0 Å². The molecule has 3 rings (SSSR count). The summed E-state index contributed by atoms with van der Waals surface area (Å²) in [6, 6.07) is 0.438. The summed E-state index contributed by atoms with van der Waals surface area (Å²) < 4.78 is 0. The number of anilines is 2. The number of nitrogens with zero attached hydrogens (tertiary/aromatic N) is 2. The van der Waals surface area contributed by atoms with Gasteiger partial charge in [0.25, 0.3) is 5.91 Å². The summed E-state index contributed by atoms with van der Waals surface area (Å²) in [6.45, 7) is 1.67. The van der Waals surface area contributed by atoms with Crippen molar-refractivity contribution in [2.45, 2.75) is 31.3 Å². The second-order valence-electron chi connectivity index (χ2n) is 5.59. The fourth-order valence-corrected chi connectivity index (χ4v) is 4.68. The largest absolute Gasteiger partial charge is 0.382 e. The van der Waals surface area contributed by atoms with Crippen LogP contribution in [0.3, 0.4) is 0 Å². The van der Waals surface area contributed by atoms with Crippen LogP contribution < -0.4 is 21.7 Å². The van der Waals surface area contributed by atoms with E-state index in [2.05, 4.69) is 15.2 Å². The molecule has 2 aliphatic rings. The van der Waals surface area contributed by atoms with Crippen LogP contribution in [-0.2, 0) is 0 Å². The molecule has 0 radical (unpaired) electrons. The highest BCUT2D eigenvalue weighted by molar-refractivity contribution is 7.99. The van der Waals surface area contributed by atoms with Crippen LogP contribution in [0, 0.1) is 0 Å². The van der Waals surface area contributed by atoms with Crippen LogP contribution in [0.2, 0.25) is 0 Å². The van der Waals surface area contributed by atoms with Crippen molar-refractivity contribution in [2.24, 2.45) is 5.73 Å². The van der Waals surface area contributed by atoms with Gasteiger partial charge in [-0.15, -0.1) is 0 Å². The topological polar surface area (TPSA) is 97.3 Å². The lowest BCUT2D eigenvalue weighted by molar-refractivity contribution is 0.0943. The molecule has 2 unspecified atom stereocenters. The van der Waals surface area contributed by atoms with E-state index in [1.807, 2.05) is 11.8 Å². The number of thioether (sulfide) groups is 1. The van der Waals surface area contributed by atoms with Gasteiger partial charge < -0.3 is 21.7 Å². The van der Waals surface area contributed by atoms with Gasteiger partial charge in [-0.3, -0.25) is 4.79 Å². The number of carbonyl (C=O) groups is 1. The summed E-state index contributed by atoms with van der Waals surface area (Å²) in [5.74, 6) is 2.41. The number of hydrogen-bond donors (Lipinski definition) is 3. The minimum Gasteiger partial charge on any atom is -0.382 e. The van der Waals surface area contributed by atoms with Crippen molar-refractivity contribution in [2.75, 3.05) is 35.2 Å². The molecular formula is C13H21N5OS2. The number of thiazole rings is 1. The smallest absolute Gasteiger partial charge is 0.265 e. The third-order valence-corrected chi connectivity index (χ3v) is 6.19. The van der Waals surface area contributed by atoms with E-state index in [1.54, 1.807) is 0 Å². The fraction of sp³-hybridized carbons (Fsp3) is 0.692. The minimum absolute atomic E-state index is 0.0905. The highest BCUT2D eigenvalue weighted by atomic mass is 32.2. The minimum atomic E-state index is -0.0905. The number of carbonyl (C=O) groups excluding carboxylic acids is 1. The lowest BCUT2D eigenvalue weighted by Gasteiger charge is -2.22. The predicted molar refractivity (Wildman–Crippen MR) is 89.1 cm³/mol. The molecule has 0 spiro atoms. The molecule has 2 saturated heterocycles. The molecule has 6 nitrogen and oxygen atoms in total. The molecule has 1 aromatic heterocycles. The standard InChI is InChI=1S/C13H21N5OS2/c14-8-3-4-18(6-8)13-17-11(15)10(21-13)12(19)16-9-2-1-5-20-7-9/h8-9H,1-7,14-15H2,(H,16,19). The average Bonchev–Trinajstić information content (AvgIpc) is 3.06. The van der Waals surface area contributed by atoms with Crippen molar-refractivity contribution < 1.29 is 4.79 Å². The number of rotatable bonds is 3. The number of hydrogen-bond acceptors (Lipinski definition) is 7. The lowest BCUT2D eigenvalue weighted by Crippen LogP contribution is -2.38. The zero-order valence-corrected chi connectivity index (χ0v) is 13.5. The summed E-state index contributed by atoms with van der Waals surface area (Å²) in [5.41, 5.74) is 11.8. The first-order chi connectivity index (χ1) is 10.1. The van der Waals surface area contributed by atoms with E-state index >= 15 is 0 Å². The van der Waals surface area contributed by atoms with Crippen molar-refractivity contribution in [3.05, 3.63) is 4.88 Å². The third-order valence-electron chi connectivity index (χ3n) is 3.84. The van der Waals surface area contributed by atoms with E-state index in [4.69, 9.17) is 11.5 Å². The molecule has 0 bridgehead atoms. The van der Waals surface area contributed by atoms with Crippen LogP contribution in [0.25, 0.3) is 0 Å². The highest BCUT2D eigenvalue weighted by Crippen LogP contribution is 2.30. The Hall–Kier alpha value is -0.990. The second-order valence-corrected chi connectivity index (χ2v) is 7.72. The molecule has 1 aromatic rings. The first kappa shape index (κ1) is 14.9. The van der Waals surface area contributed by atoms with E-state index in [1.165, 1.54) is 17.1 Å². The van der Waals surface area contributed by atoms with Gasteiger partial charge in [0, 0.05) is 30.9 Å². The maximum Gasteiger partial charge on any atom is 0.265 e. The molecule has 0 aromatic carbocycles. The van der Waals surface area contributed by atoms with Crippen molar-refractivity contribution in [3.63, 3.8) is 0 Å². The molecule has 2 fully saturated rings. The molecule has 2 atom stereocenters. The average molecular weight is 327 g/mol. The van der Waals surface area contributed by atoms with Crippen LogP contribution in [0.1, 0.15) is 28.9 Å². The van der Waals surface area contributed by atoms with Crippen LogP contribution >= 0.6 is 23.1 Å². The van der Waals surface area contributed by atoms with Gasteiger partial charge in [0.05, 0.1) is 0 Å². The van der Waals surface area contributed by atoms with E-state index in [9.17, 15) is 4.79 Å². The van der Waals surface area contributed by atoms with Gasteiger partial charge in [-0.25, -0.2) is 4.98 Å². The lowest BCUT2D eigenvalue weighted by atomic mass is 10.2. The first-order valence-corrected chi connectivity index (χ1v) is 9.26. The number of nitrogens with one attached hydrogen (secondary N) is 1. The zero-order valence-electron chi connectivity index (χ0n) is 11.9.